The van der Waals surface area contributed by atoms with Crippen LogP contribution in [-0.4, -0.2) is 36.6 Å². The predicted molar refractivity (Wildman–Crippen MR) is 74.6 cm³/mol. The second-order valence-electron chi connectivity index (χ2n) is 4.53. The van der Waals surface area contributed by atoms with Crippen molar-refractivity contribution >= 4 is 11.9 Å². The lowest BCUT2D eigenvalue weighted by Crippen LogP contribution is -2.35. The number of carbonyl (C=O) groups is 2. The third-order valence-electron chi connectivity index (χ3n) is 2.85. The molecule has 0 aromatic heterocycles. The van der Waals surface area contributed by atoms with Gasteiger partial charge in [-0.15, -0.1) is 6.42 Å². The fourth-order valence-corrected chi connectivity index (χ4v) is 1.90. The van der Waals surface area contributed by atoms with Crippen molar-refractivity contribution < 1.29 is 14.7 Å². The van der Waals surface area contributed by atoms with Gasteiger partial charge in [-0.05, 0) is 18.8 Å². The van der Waals surface area contributed by atoms with E-state index in [1.54, 1.807) is 0 Å². The van der Waals surface area contributed by atoms with E-state index in [4.69, 9.17) is 11.5 Å². The van der Waals surface area contributed by atoms with E-state index in [9.17, 15) is 9.59 Å². The van der Waals surface area contributed by atoms with Crippen LogP contribution in [0.5, 0.6) is 0 Å². The minimum absolute atomic E-state index is 0.0799. The molecule has 0 heterocycles. The smallest absolute Gasteiger partial charge is 0.303 e. The summed E-state index contributed by atoms with van der Waals surface area (Å²) < 4.78 is 0. The fourth-order valence-electron chi connectivity index (χ4n) is 1.90. The molecule has 0 spiro atoms. The summed E-state index contributed by atoms with van der Waals surface area (Å²) in [5.74, 6) is 1.92. The number of hydrogen-bond acceptors (Lipinski definition) is 3. The summed E-state index contributed by atoms with van der Waals surface area (Å²) in [5, 5.41) is 14.3. The molecule has 0 rings (SSSR count). The van der Waals surface area contributed by atoms with Crippen LogP contribution in [0.25, 0.3) is 0 Å². The van der Waals surface area contributed by atoms with Gasteiger partial charge in [-0.3, -0.25) is 14.9 Å². The summed E-state index contributed by atoms with van der Waals surface area (Å²) >= 11 is 0. The average molecular weight is 268 g/mol. The summed E-state index contributed by atoms with van der Waals surface area (Å²) in [4.78, 5) is 21.9. The van der Waals surface area contributed by atoms with Crippen LogP contribution >= 0.6 is 0 Å². The molecule has 0 aromatic carbocycles. The second-order valence-corrected chi connectivity index (χ2v) is 4.53. The summed E-state index contributed by atoms with van der Waals surface area (Å²) in [6, 6.07) is 0. The highest BCUT2D eigenvalue weighted by atomic mass is 16.4. The molecular formula is C14H24N2O3. The van der Waals surface area contributed by atoms with Gasteiger partial charge in [-0.25, -0.2) is 0 Å². The first kappa shape index (κ1) is 17.5. The molecule has 0 aliphatic heterocycles. The van der Waals surface area contributed by atoms with E-state index in [0.29, 0.717) is 25.4 Å². The first-order chi connectivity index (χ1) is 9.10. The zero-order chi connectivity index (χ0) is 14.5. The lowest BCUT2D eigenvalue weighted by atomic mass is 9.94. The molecule has 1 atom stereocenters. The molecule has 0 fully saturated rings. The van der Waals surface area contributed by atoms with E-state index in [0.717, 1.165) is 19.3 Å². The third kappa shape index (κ3) is 11.3. The zero-order valence-corrected chi connectivity index (χ0v) is 11.6. The van der Waals surface area contributed by atoms with E-state index in [-0.39, 0.29) is 18.9 Å². The highest BCUT2D eigenvalue weighted by Crippen LogP contribution is 2.16. The van der Waals surface area contributed by atoms with E-state index in [1.807, 2.05) is 0 Å². The minimum Gasteiger partial charge on any atom is -0.481 e. The maximum Gasteiger partial charge on any atom is 0.303 e. The van der Waals surface area contributed by atoms with E-state index in [1.165, 1.54) is 0 Å². The molecule has 5 heteroatoms. The Kier molecular flexibility index (Phi) is 10.6. The van der Waals surface area contributed by atoms with Crippen LogP contribution in [0.2, 0.25) is 0 Å². The molecule has 0 bridgehead atoms. The summed E-state index contributed by atoms with van der Waals surface area (Å²) in [5.41, 5.74) is 0. The highest BCUT2D eigenvalue weighted by Gasteiger charge is 2.10. The molecule has 0 saturated heterocycles. The van der Waals surface area contributed by atoms with Gasteiger partial charge in [-0.2, -0.15) is 0 Å². The maximum atomic E-state index is 11.4. The molecule has 0 aliphatic rings. The third-order valence-corrected chi connectivity index (χ3v) is 2.85. The Morgan fingerprint density at radius 3 is 2.63 bits per heavy atom. The van der Waals surface area contributed by atoms with Crippen molar-refractivity contribution in [3.05, 3.63) is 0 Å². The Bertz CT molecular complexity index is 310. The van der Waals surface area contributed by atoms with Crippen molar-refractivity contribution in [3.63, 3.8) is 0 Å². The summed E-state index contributed by atoms with van der Waals surface area (Å²) in [6.07, 6.45) is 8.77. The van der Waals surface area contributed by atoms with Gasteiger partial charge >= 0.3 is 5.97 Å². The Morgan fingerprint density at radius 1 is 1.32 bits per heavy atom. The van der Waals surface area contributed by atoms with Gasteiger partial charge in [0.25, 0.3) is 0 Å². The van der Waals surface area contributed by atoms with Crippen LogP contribution < -0.4 is 10.6 Å². The minimum atomic E-state index is -0.761. The number of hydrogen-bond donors (Lipinski definition) is 3. The first-order valence-electron chi connectivity index (χ1n) is 6.72. The van der Waals surface area contributed by atoms with Crippen molar-refractivity contribution in [3.8, 4) is 12.3 Å². The number of nitrogens with one attached hydrogen (secondary N) is 2. The number of aliphatic carboxylic acids is 1. The van der Waals surface area contributed by atoms with Gasteiger partial charge in [0.2, 0.25) is 5.91 Å². The Labute approximate surface area is 115 Å². The Balaban J connectivity index is 3.76. The van der Waals surface area contributed by atoms with E-state index < -0.39 is 5.97 Å². The van der Waals surface area contributed by atoms with Crippen LogP contribution in [0.3, 0.4) is 0 Å². The second kappa shape index (κ2) is 11.5. The average Bonchev–Trinajstić information content (AvgIpc) is 2.36. The Hall–Kier alpha value is -1.54. The molecule has 5 nitrogen and oxygen atoms in total. The Morgan fingerprint density at radius 2 is 2.05 bits per heavy atom. The van der Waals surface area contributed by atoms with Gasteiger partial charge in [0.1, 0.15) is 0 Å². The standard InChI is InChI=1S/C14H24N2O3/c1-3-5-12(6-7-14(18)19)8-10-16-13(17)11-15-9-4-2/h2,12,15H,3,5-11H2,1H3,(H,16,17)(H,18,19). The monoisotopic (exact) mass is 268 g/mol. The first-order valence-corrected chi connectivity index (χ1v) is 6.72. The number of rotatable bonds is 11. The topological polar surface area (TPSA) is 78.4 Å². The van der Waals surface area contributed by atoms with E-state index in [2.05, 4.69) is 23.5 Å². The summed E-state index contributed by atoms with van der Waals surface area (Å²) in [6.45, 7) is 3.26. The SMILES string of the molecule is C#CCNCC(=O)NCCC(CCC)CCC(=O)O. The molecule has 0 aliphatic carbocycles. The fraction of sp³-hybridized carbons (Fsp3) is 0.714. The molecule has 19 heavy (non-hydrogen) atoms. The molecule has 3 N–H and O–H groups in total. The van der Waals surface area contributed by atoms with Crippen LogP contribution in [0, 0.1) is 18.3 Å². The number of terminal acetylenes is 1. The zero-order valence-electron chi connectivity index (χ0n) is 11.6. The van der Waals surface area contributed by atoms with Gasteiger partial charge < -0.3 is 10.4 Å². The lowest BCUT2D eigenvalue weighted by Gasteiger charge is -2.15. The van der Waals surface area contributed by atoms with Crippen molar-refractivity contribution in [2.75, 3.05) is 19.6 Å². The molecular weight excluding hydrogens is 244 g/mol. The number of carbonyl (C=O) groups excluding carboxylic acids is 1. The van der Waals surface area contributed by atoms with Crippen LogP contribution in [0.4, 0.5) is 0 Å². The number of amides is 1. The molecule has 0 aromatic rings. The van der Waals surface area contributed by atoms with Gasteiger partial charge in [0, 0.05) is 13.0 Å². The molecule has 0 radical (unpaired) electrons. The molecule has 1 unspecified atom stereocenters. The highest BCUT2D eigenvalue weighted by molar-refractivity contribution is 5.77. The number of carboxylic acid groups (broad SMARTS) is 1. The maximum absolute atomic E-state index is 11.4. The van der Waals surface area contributed by atoms with Gasteiger partial charge in [-0.1, -0.05) is 25.7 Å². The lowest BCUT2D eigenvalue weighted by molar-refractivity contribution is -0.137. The van der Waals surface area contributed by atoms with Crippen LogP contribution in [0.15, 0.2) is 0 Å². The van der Waals surface area contributed by atoms with Crippen molar-refractivity contribution in [1.29, 1.82) is 0 Å². The van der Waals surface area contributed by atoms with Crippen LogP contribution in [0.1, 0.15) is 39.0 Å². The molecule has 1 amide bonds. The summed E-state index contributed by atoms with van der Waals surface area (Å²) in [7, 11) is 0. The van der Waals surface area contributed by atoms with Crippen LogP contribution in [-0.2, 0) is 9.59 Å². The largest absolute Gasteiger partial charge is 0.481 e. The van der Waals surface area contributed by atoms with Crippen molar-refractivity contribution in [1.82, 2.24) is 10.6 Å². The van der Waals surface area contributed by atoms with Gasteiger partial charge in [0.15, 0.2) is 0 Å². The number of carboxylic acids is 1. The molecule has 108 valence electrons. The van der Waals surface area contributed by atoms with Crippen molar-refractivity contribution in [2.24, 2.45) is 5.92 Å². The normalized spacial score (nSPS) is 11.6. The quantitative estimate of drug-likeness (QED) is 0.386. The van der Waals surface area contributed by atoms with E-state index >= 15 is 0 Å². The predicted octanol–water partition coefficient (Wildman–Crippen LogP) is 0.997. The van der Waals surface area contributed by atoms with Crippen molar-refractivity contribution in [2.45, 2.75) is 39.0 Å². The molecule has 0 saturated carbocycles. The van der Waals surface area contributed by atoms with Gasteiger partial charge in [0.05, 0.1) is 13.1 Å².